The van der Waals surface area contributed by atoms with Gasteiger partial charge in [0.25, 0.3) is 0 Å². The molecule has 0 radical (unpaired) electrons. The Morgan fingerprint density at radius 1 is 1.35 bits per heavy atom. The molecular weight excluding hydrogens is 250 g/mol. The van der Waals surface area contributed by atoms with Gasteiger partial charge < -0.3 is 14.7 Å². The number of aromatic nitrogens is 3. The predicted molar refractivity (Wildman–Crippen MR) is 78.4 cm³/mol. The zero-order chi connectivity index (χ0) is 13.5. The minimum absolute atomic E-state index is 0.288. The molecule has 0 bridgehead atoms. The van der Waals surface area contributed by atoms with Crippen molar-refractivity contribution in [3.63, 3.8) is 0 Å². The molecule has 100 valence electrons. The van der Waals surface area contributed by atoms with Crippen molar-refractivity contribution in [1.82, 2.24) is 14.5 Å². The minimum atomic E-state index is 0.288. The van der Waals surface area contributed by atoms with E-state index in [1.807, 2.05) is 35.3 Å². The van der Waals surface area contributed by atoms with Crippen molar-refractivity contribution in [1.29, 1.82) is 0 Å². The summed E-state index contributed by atoms with van der Waals surface area (Å²) in [4.78, 5) is 7.37. The predicted octanol–water partition coefficient (Wildman–Crippen LogP) is 1.53. The van der Waals surface area contributed by atoms with Crippen molar-refractivity contribution in [2.24, 2.45) is 5.92 Å². The largest absolute Gasteiger partial charge is 0.510 e. The van der Waals surface area contributed by atoms with Crippen LogP contribution in [0.25, 0.3) is 22.7 Å². The molecule has 3 aromatic rings. The number of rotatable bonds is 2. The SMILES string of the molecule is OC1=c2[nH]c3ccccc3c2=CC(Cn2ccnc2)C1. The number of para-hydroxylation sites is 1. The Bertz CT molecular complexity index is 874. The van der Waals surface area contributed by atoms with Crippen molar-refractivity contribution >= 4 is 22.7 Å². The molecule has 4 nitrogen and oxygen atoms in total. The highest BCUT2D eigenvalue weighted by atomic mass is 16.3. The Labute approximate surface area is 115 Å². The first-order valence-electron chi connectivity index (χ1n) is 6.78. The van der Waals surface area contributed by atoms with Crippen molar-refractivity contribution in [3.8, 4) is 0 Å². The summed E-state index contributed by atoms with van der Waals surface area (Å²) in [6.45, 7) is 0.836. The lowest BCUT2D eigenvalue weighted by Gasteiger charge is -2.15. The molecule has 4 rings (SSSR count). The second-order valence-electron chi connectivity index (χ2n) is 5.30. The molecule has 0 saturated heterocycles. The zero-order valence-electron chi connectivity index (χ0n) is 11.0. The molecule has 2 N–H and O–H groups in total. The van der Waals surface area contributed by atoms with Crippen molar-refractivity contribution < 1.29 is 5.11 Å². The highest BCUT2D eigenvalue weighted by Crippen LogP contribution is 2.17. The van der Waals surface area contributed by atoms with Gasteiger partial charge in [0.05, 0.1) is 11.7 Å². The molecule has 2 heterocycles. The normalized spacial score (nSPS) is 18.0. The molecule has 0 aliphatic heterocycles. The Balaban J connectivity index is 1.86. The average molecular weight is 265 g/mol. The van der Waals surface area contributed by atoms with Crippen LogP contribution in [0.15, 0.2) is 43.0 Å². The van der Waals surface area contributed by atoms with E-state index in [1.165, 1.54) is 5.39 Å². The monoisotopic (exact) mass is 265 g/mol. The smallest absolute Gasteiger partial charge is 0.117 e. The van der Waals surface area contributed by atoms with Gasteiger partial charge in [0.15, 0.2) is 0 Å². The Hall–Kier alpha value is -2.49. The van der Waals surface area contributed by atoms with Gasteiger partial charge in [-0.2, -0.15) is 0 Å². The molecule has 2 aromatic heterocycles. The lowest BCUT2D eigenvalue weighted by atomic mass is 9.97. The summed E-state index contributed by atoms with van der Waals surface area (Å²) in [6, 6.07) is 8.17. The first kappa shape index (κ1) is 11.3. The molecule has 0 spiro atoms. The van der Waals surface area contributed by atoms with Crippen molar-refractivity contribution in [2.45, 2.75) is 13.0 Å². The fourth-order valence-corrected chi connectivity index (χ4v) is 2.99. The van der Waals surface area contributed by atoms with E-state index in [0.29, 0.717) is 12.2 Å². The van der Waals surface area contributed by atoms with Gasteiger partial charge in [-0.15, -0.1) is 0 Å². The fraction of sp³-hybridized carbons (Fsp3) is 0.188. The molecule has 4 heteroatoms. The van der Waals surface area contributed by atoms with Gasteiger partial charge in [0.1, 0.15) is 5.76 Å². The highest BCUT2D eigenvalue weighted by molar-refractivity contribution is 5.82. The van der Waals surface area contributed by atoms with Gasteiger partial charge in [0, 0.05) is 47.4 Å². The average Bonchev–Trinajstić information content (AvgIpc) is 3.07. The van der Waals surface area contributed by atoms with Gasteiger partial charge in [-0.25, -0.2) is 4.98 Å². The molecule has 20 heavy (non-hydrogen) atoms. The van der Waals surface area contributed by atoms with Gasteiger partial charge in [-0.1, -0.05) is 24.3 Å². The lowest BCUT2D eigenvalue weighted by Crippen LogP contribution is -2.32. The molecule has 1 aliphatic rings. The molecule has 1 aliphatic carbocycles. The second kappa shape index (κ2) is 4.27. The number of imidazole rings is 1. The molecule has 1 atom stereocenters. The van der Waals surface area contributed by atoms with Gasteiger partial charge >= 0.3 is 0 Å². The van der Waals surface area contributed by atoms with E-state index < -0.39 is 0 Å². The maximum absolute atomic E-state index is 10.3. The molecule has 1 aromatic carbocycles. The van der Waals surface area contributed by atoms with Crippen LogP contribution in [-0.2, 0) is 6.54 Å². The minimum Gasteiger partial charge on any atom is -0.510 e. The van der Waals surface area contributed by atoms with Crippen LogP contribution in [0.2, 0.25) is 0 Å². The maximum atomic E-state index is 10.3. The molecular formula is C16H15N3O. The summed E-state index contributed by atoms with van der Waals surface area (Å²) < 4.78 is 2.05. The summed E-state index contributed by atoms with van der Waals surface area (Å²) in [5.74, 6) is 0.736. The van der Waals surface area contributed by atoms with E-state index in [9.17, 15) is 5.11 Å². The number of aliphatic hydroxyl groups is 1. The Morgan fingerprint density at radius 2 is 2.25 bits per heavy atom. The summed E-state index contributed by atoms with van der Waals surface area (Å²) in [5, 5.41) is 13.5. The fourth-order valence-electron chi connectivity index (χ4n) is 2.99. The first-order valence-corrected chi connectivity index (χ1v) is 6.78. The number of fused-ring (bicyclic) bond motifs is 3. The van der Waals surface area contributed by atoms with E-state index in [-0.39, 0.29) is 5.92 Å². The number of hydrogen-bond donors (Lipinski definition) is 2. The molecule has 0 amide bonds. The molecule has 0 fully saturated rings. The first-order chi connectivity index (χ1) is 9.81. The van der Waals surface area contributed by atoms with E-state index >= 15 is 0 Å². The third-order valence-electron chi connectivity index (χ3n) is 3.90. The number of hydrogen-bond acceptors (Lipinski definition) is 2. The number of nitrogens with one attached hydrogen (secondary N) is 1. The lowest BCUT2D eigenvalue weighted by molar-refractivity contribution is 0.436. The highest BCUT2D eigenvalue weighted by Gasteiger charge is 2.16. The van der Waals surface area contributed by atoms with Crippen LogP contribution >= 0.6 is 0 Å². The maximum Gasteiger partial charge on any atom is 0.117 e. The van der Waals surface area contributed by atoms with Crippen molar-refractivity contribution in [2.75, 3.05) is 0 Å². The van der Waals surface area contributed by atoms with E-state index in [2.05, 4.69) is 22.1 Å². The number of benzene rings is 1. The zero-order valence-corrected chi connectivity index (χ0v) is 11.0. The van der Waals surface area contributed by atoms with Crippen LogP contribution in [0.3, 0.4) is 0 Å². The van der Waals surface area contributed by atoms with Crippen LogP contribution in [0.5, 0.6) is 0 Å². The van der Waals surface area contributed by atoms with E-state index in [4.69, 9.17) is 0 Å². The number of nitrogens with zero attached hydrogens (tertiary/aromatic N) is 2. The summed E-state index contributed by atoms with van der Waals surface area (Å²) in [6.07, 6.45) is 8.47. The quantitative estimate of drug-likeness (QED) is 0.738. The van der Waals surface area contributed by atoms with Crippen molar-refractivity contribution in [3.05, 3.63) is 53.6 Å². The van der Waals surface area contributed by atoms with Crippen LogP contribution in [0, 0.1) is 5.92 Å². The van der Waals surface area contributed by atoms with Gasteiger partial charge in [-0.3, -0.25) is 0 Å². The van der Waals surface area contributed by atoms with E-state index in [1.54, 1.807) is 6.20 Å². The van der Waals surface area contributed by atoms with E-state index in [0.717, 1.165) is 22.6 Å². The standard InChI is InChI=1S/C16H15N3O/c20-15-8-11(9-19-6-5-17-10-19)7-13-12-3-1-2-4-14(12)18-16(13)15/h1-7,10-11,18,20H,8-9H2. The summed E-state index contributed by atoms with van der Waals surface area (Å²) in [5.41, 5.74) is 1.07. The third kappa shape index (κ3) is 1.72. The second-order valence-corrected chi connectivity index (χ2v) is 5.30. The summed E-state index contributed by atoms with van der Waals surface area (Å²) in [7, 11) is 0. The molecule has 1 unspecified atom stereocenters. The van der Waals surface area contributed by atoms with Crippen LogP contribution < -0.4 is 10.6 Å². The number of aromatic amines is 1. The van der Waals surface area contributed by atoms with Crippen LogP contribution in [0.4, 0.5) is 0 Å². The Kier molecular flexibility index (Phi) is 2.42. The number of aliphatic hydroxyl groups excluding tert-OH is 1. The van der Waals surface area contributed by atoms with Crippen LogP contribution in [-0.4, -0.2) is 19.6 Å². The third-order valence-corrected chi connectivity index (χ3v) is 3.90. The number of H-pyrrole nitrogens is 1. The topological polar surface area (TPSA) is 53.8 Å². The van der Waals surface area contributed by atoms with Gasteiger partial charge in [0.2, 0.25) is 0 Å². The van der Waals surface area contributed by atoms with Gasteiger partial charge in [-0.05, 0) is 6.07 Å². The molecule has 0 saturated carbocycles. The Morgan fingerprint density at radius 3 is 3.10 bits per heavy atom. The van der Waals surface area contributed by atoms with Crippen LogP contribution in [0.1, 0.15) is 6.42 Å². The summed E-state index contributed by atoms with van der Waals surface area (Å²) >= 11 is 0.